The summed E-state index contributed by atoms with van der Waals surface area (Å²) in [6, 6.07) is -0.405. The van der Waals surface area contributed by atoms with Crippen molar-refractivity contribution in [3.8, 4) is 0 Å². The van der Waals surface area contributed by atoms with Gasteiger partial charge in [-0.25, -0.2) is 0 Å². The normalized spacial score (nSPS) is 23.3. The molecule has 3 N–H and O–H groups in total. The zero-order valence-corrected chi connectivity index (χ0v) is 8.94. The van der Waals surface area contributed by atoms with Crippen molar-refractivity contribution in [2.75, 3.05) is 13.1 Å². The van der Waals surface area contributed by atoms with E-state index >= 15 is 0 Å². The van der Waals surface area contributed by atoms with Crippen molar-refractivity contribution in [2.24, 2.45) is 11.7 Å². The van der Waals surface area contributed by atoms with Crippen molar-refractivity contribution < 1.29 is 9.90 Å². The smallest absolute Gasteiger partial charge is 0.239 e. The Balaban J connectivity index is 2.39. The highest BCUT2D eigenvalue weighted by atomic mass is 16.3. The lowest BCUT2D eigenvalue weighted by Gasteiger charge is -2.34. The van der Waals surface area contributed by atoms with Gasteiger partial charge in [0.1, 0.15) is 0 Å². The predicted molar refractivity (Wildman–Crippen MR) is 54.6 cm³/mol. The maximum atomic E-state index is 11.5. The van der Waals surface area contributed by atoms with Crippen LogP contribution in [0.5, 0.6) is 0 Å². The first kappa shape index (κ1) is 11.5. The minimum atomic E-state index is -0.405. The van der Waals surface area contributed by atoms with E-state index < -0.39 is 6.04 Å². The lowest BCUT2D eigenvalue weighted by molar-refractivity contribution is -0.134. The largest absolute Gasteiger partial charge is 0.393 e. The number of piperidine rings is 1. The molecule has 4 heteroatoms. The molecule has 0 aromatic heterocycles. The molecule has 0 spiro atoms. The maximum absolute atomic E-state index is 11.5. The zero-order valence-electron chi connectivity index (χ0n) is 8.94. The van der Waals surface area contributed by atoms with E-state index in [0.717, 1.165) is 25.9 Å². The standard InChI is InChI=1S/C10H20N2O2/c1-7(11)10(14)12-5-3-9(4-6-12)8(2)13/h7-9,13H,3-6,11H2,1-2H3. The summed E-state index contributed by atoms with van der Waals surface area (Å²) in [5.41, 5.74) is 5.52. The maximum Gasteiger partial charge on any atom is 0.239 e. The number of nitrogens with two attached hydrogens (primary N) is 1. The second-order valence-electron chi connectivity index (χ2n) is 4.19. The van der Waals surface area contributed by atoms with E-state index in [-0.39, 0.29) is 12.0 Å². The third-order valence-corrected chi connectivity index (χ3v) is 2.92. The Labute approximate surface area is 85.1 Å². The van der Waals surface area contributed by atoms with Crippen LogP contribution in [0.2, 0.25) is 0 Å². The van der Waals surface area contributed by atoms with Gasteiger partial charge in [-0.15, -0.1) is 0 Å². The Bertz CT molecular complexity index is 196. The van der Waals surface area contributed by atoms with Gasteiger partial charge in [0.15, 0.2) is 0 Å². The van der Waals surface area contributed by atoms with Crippen molar-refractivity contribution in [3.63, 3.8) is 0 Å². The molecule has 0 radical (unpaired) electrons. The molecule has 0 saturated carbocycles. The van der Waals surface area contributed by atoms with Crippen LogP contribution >= 0.6 is 0 Å². The number of aliphatic hydroxyl groups is 1. The van der Waals surface area contributed by atoms with Gasteiger partial charge >= 0.3 is 0 Å². The number of nitrogens with zero attached hydrogens (tertiary/aromatic N) is 1. The SMILES string of the molecule is CC(N)C(=O)N1CCC(C(C)O)CC1. The first-order valence-electron chi connectivity index (χ1n) is 5.24. The monoisotopic (exact) mass is 200 g/mol. The zero-order chi connectivity index (χ0) is 10.7. The van der Waals surface area contributed by atoms with E-state index in [1.807, 2.05) is 6.92 Å². The summed E-state index contributed by atoms with van der Waals surface area (Å²) < 4.78 is 0. The summed E-state index contributed by atoms with van der Waals surface area (Å²) in [6.07, 6.45) is 1.51. The molecule has 14 heavy (non-hydrogen) atoms. The Morgan fingerprint density at radius 2 is 1.93 bits per heavy atom. The second-order valence-corrected chi connectivity index (χ2v) is 4.19. The first-order valence-corrected chi connectivity index (χ1v) is 5.24. The molecule has 4 nitrogen and oxygen atoms in total. The average Bonchev–Trinajstić information content (AvgIpc) is 2.16. The van der Waals surface area contributed by atoms with Gasteiger partial charge in [-0.3, -0.25) is 4.79 Å². The van der Waals surface area contributed by atoms with E-state index in [0.29, 0.717) is 5.92 Å². The number of carbonyl (C=O) groups excluding carboxylic acids is 1. The molecule has 2 unspecified atom stereocenters. The lowest BCUT2D eigenvalue weighted by Crippen LogP contribution is -2.46. The quantitative estimate of drug-likeness (QED) is 0.657. The van der Waals surface area contributed by atoms with Crippen LogP contribution < -0.4 is 5.73 Å². The van der Waals surface area contributed by atoms with E-state index in [1.54, 1.807) is 11.8 Å². The van der Waals surface area contributed by atoms with Crippen LogP contribution in [0.25, 0.3) is 0 Å². The van der Waals surface area contributed by atoms with Gasteiger partial charge in [-0.1, -0.05) is 0 Å². The van der Waals surface area contributed by atoms with Crippen LogP contribution in [0.4, 0.5) is 0 Å². The predicted octanol–water partition coefficient (Wildman–Crippen LogP) is -0.0470. The van der Waals surface area contributed by atoms with Gasteiger partial charge < -0.3 is 15.7 Å². The van der Waals surface area contributed by atoms with Crippen LogP contribution in [0.1, 0.15) is 26.7 Å². The van der Waals surface area contributed by atoms with Crippen LogP contribution in [0, 0.1) is 5.92 Å². The highest BCUT2D eigenvalue weighted by molar-refractivity contribution is 5.81. The van der Waals surface area contributed by atoms with Crippen molar-refractivity contribution in [3.05, 3.63) is 0 Å². The van der Waals surface area contributed by atoms with E-state index in [4.69, 9.17) is 5.73 Å². The summed E-state index contributed by atoms with van der Waals surface area (Å²) >= 11 is 0. The number of hydrogen-bond acceptors (Lipinski definition) is 3. The summed E-state index contributed by atoms with van der Waals surface area (Å²) in [7, 11) is 0. The minimum absolute atomic E-state index is 0.0223. The third-order valence-electron chi connectivity index (χ3n) is 2.92. The molecule has 82 valence electrons. The van der Waals surface area contributed by atoms with Crippen LogP contribution in [0.15, 0.2) is 0 Å². The topological polar surface area (TPSA) is 66.6 Å². The number of hydrogen-bond donors (Lipinski definition) is 2. The van der Waals surface area contributed by atoms with Gasteiger partial charge in [0.05, 0.1) is 12.1 Å². The van der Waals surface area contributed by atoms with Crippen molar-refractivity contribution in [1.82, 2.24) is 4.90 Å². The van der Waals surface area contributed by atoms with Gasteiger partial charge in [0.2, 0.25) is 5.91 Å². The Hall–Kier alpha value is -0.610. The lowest BCUT2D eigenvalue weighted by atomic mass is 9.92. The fraction of sp³-hybridized carbons (Fsp3) is 0.900. The molecule has 1 fully saturated rings. The number of aliphatic hydroxyl groups excluding tert-OH is 1. The van der Waals surface area contributed by atoms with Gasteiger partial charge in [-0.05, 0) is 32.6 Å². The number of amides is 1. The number of likely N-dealkylation sites (tertiary alicyclic amines) is 1. The van der Waals surface area contributed by atoms with E-state index in [9.17, 15) is 9.90 Å². The van der Waals surface area contributed by atoms with Crippen LogP contribution in [-0.4, -0.2) is 41.1 Å². The minimum Gasteiger partial charge on any atom is -0.393 e. The third kappa shape index (κ3) is 2.69. The molecule has 1 aliphatic rings. The molecular formula is C10H20N2O2. The molecular weight excluding hydrogens is 180 g/mol. The average molecular weight is 200 g/mol. The van der Waals surface area contributed by atoms with Gasteiger partial charge in [0, 0.05) is 13.1 Å². The van der Waals surface area contributed by atoms with Crippen molar-refractivity contribution in [2.45, 2.75) is 38.8 Å². The molecule has 1 amide bonds. The number of rotatable bonds is 2. The Morgan fingerprint density at radius 1 is 1.43 bits per heavy atom. The summed E-state index contributed by atoms with van der Waals surface area (Å²) in [6.45, 7) is 4.99. The first-order chi connectivity index (χ1) is 6.52. The summed E-state index contributed by atoms with van der Waals surface area (Å²) in [5, 5.41) is 9.38. The van der Waals surface area contributed by atoms with E-state index in [2.05, 4.69) is 0 Å². The van der Waals surface area contributed by atoms with Crippen molar-refractivity contribution >= 4 is 5.91 Å². The molecule has 1 saturated heterocycles. The fourth-order valence-corrected chi connectivity index (χ4v) is 1.89. The number of carbonyl (C=O) groups is 1. The van der Waals surface area contributed by atoms with E-state index in [1.165, 1.54) is 0 Å². The molecule has 2 atom stereocenters. The second kappa shape index (κ2) is 4.75. The summed E-state index contributed by atoms with van der Waals surface area (Å²) in [4.78, 5) is 13.3. The highest BCUT2D eigenvalue weighted by Crippen LogP contribution is 2.20. The molecule has 0 aromatic carbocycles. The molecule has 0 aromatic rings. The molecule has 1 rings (SSSR count). The molecule has 1 heterocycles. The van der Waals surface area contributed by atoms with Crippen LogP contribution in [-0.2, 0) is 4.79 Å². The highest BCUT2D eigenvalue weighted by Gasteiger charge is 2.26. The van der Waals surface area contributed by atoms with Crippen LogP contribution in [0.3, 0.4) is 0 Å². The van der Waals surface area contributed by atoms with Gasteiger partial charge in [0.25, 0.3) is 0 Å². The fourth-order valence-electron chi connectivity index (χ4n) is 1.89. The Morgan fingerprint density at radius 3 is 2.29 bits per heavy atom. The van der Waals surface area contributed by atoms with Crippen molar-refractivity contribution in [1.29, 1.82) is 0 Å². The summed E-state index contributed by atoms with van der Waals surface area (Å²) in [5.74, 6) is 0.362. The molecule has 0 bridgehead atoms. The molecule has 0 aliphatic carbocycles. The molecule has 1 aliphatic heterocycles. The van der Waals surface area contributed by atoms with Gasteiger partial charge in [-0.2, -0.15) is 0 Å². The Kier molecular flexibility index (Phi) is 3.89.